The topological polar surface area (TPSA) is 43.4 Å². The van der Waals surface area contributed by atoms with E-state index < -0.39 is 11.6 Å². The van der Waals surface area contributed by atoms with Crippen molar-refractivity contribution in [2.24, 2.45) is 17.3 Å². The van der Waals surface area contributed by atoms with Gasteiger partial charge >= 0.3 is 5.97 Å². The Hall–Kier alpha value is -2.74. The number of terminal acetylenes is 1. The lowest BCUT2D eigenvalue weighted by Crippen LogP contribution is -2.46. The zero-order valence-corrected chi connectivity index (χ0v) is 21.0. The number of hydrogen-bond donors (Lipinski definition) is 0. The first-order valence-corrected chi connectivity index (χ1v) is 12.6. The highest BCUT2D eigenvalue weighted by Gasteiger charge is 2.58. The predicted molar refractivity (Wildman–Crippen MR) is 131 cm³/mol. The summed E-state index contributed by atoms with van der Waals surface area (Å²) in [5, 5.41) is 0. The molecule has 0 heterocycles. The average molecular weight is 481 g/mol. The standard InChI is InChI=1S/C27H30F2O3.C3H4/c1-14-23(28)11-17(12-24(14)29)21-13-27(3)22(8-9-25(27)32-15(2)30)20-6-4-16-10-18(31)5-7-19(16)26(20)21;1-3-2/h10-12,20-22,25H,4-9,13H2,1-3H3;1H,2H3. The van der Waals surface area contributed by atoms with E-state index in [1.807, 2.05) is 0 Å². The molecule has 2 fully saturated rings. The Labute approximate surface area is 207 Å². The largest absolute Gasteiger partial charge is 0.462 e. The fourth-order valence-corrected chi connectivity index (χ4v) is 7.17. The second-order valence-electron chi connectivity index (χ2n) is 10.7. The van der Waals surface area contributed by atoms with Crippen LogP contribution in [0.5, 0.6) is 0 Å². The second kappa shape index (κ2) is 9.72. The molecule has 1 aromatic rings. The van der Waals surface area contributed by atoms with Gasteiger partial charge in [-0.1, -0.05) is 12.5 Å². The van der Waals surface area contributed by atoms with Gasteiger partial charge in [-0.3, -0.25) is 9.59 Å². The van der Waals surface area contributed by atoms with Crippen LogP contribution in [-0.2, 0) is 14.3 Å². The van der Waals surface area contributed by atoms with Crippen LogP contribution in [0.15, 0.2) is 34.9 Å². The van der Waals surface area contributed by atoms with Crippen LogP contribution in [0.25, 0.3) is 0 Å². The molecular weight excluding hydrogens is 446 g/mol. The zero-order valence-electron chi connectivity index (χ0n) is 21.0. The number of hydrogen-bond acceptors (Lipinski definition) is 3. The minimum Gasteiger partial charge on any atom is -0.462 e. The molecule has 35 heavy (non-hydrogen) atoms. The number of fused-ring (bicyclic) bond motifs is 4. The number of carbonyl (C=O) groups is 2. The zero-order chi connectivity index (χ0) is 25.5. The van der Waals surface area contributed by atoms with Crippen LogP contribution < -0.4 is 0 Å². The Morgan fingerprint density at radius 3 is 2.43 bits per heavy atom. The van der Waals surface area contributed by atoms with E-state index in [1.165, 1.54) is 37.1 Å². The van der Waals surface area contributed by atoms with Crippen LogP contribution in [0.3, 0.4) is 0 Å². The normalized spacial score (nSPS) is 31.2. The lowest BCUT2D eigenvalue weighted by Gasteiger charge is -2.52. The highest BCUT2D eigenvalue weighted by atomic mass is 19.1. The molecule has 0 spiro atoms. The lowest BCUT2D eigenvalue weighted by molar-refractivity contribution is -0.154. The number of halogens is 2. The summed E-state index contributed by atoms with van der Waals surface area (Å²) in [6.45, 7) is 6.76. The molecule has 3 nitrogen and oxygen atoms in total. The molecular formula is C30H34F2O3. The Morgan fingerprint density at radius 1 is 1.14 bits per heavy atom. The number of benzene rings is 1. The first kappa shape index (κ1) is 25.4. The minimum atomic E-state index is -0.525. The maximum atomic E-state index is 14.6. The van der Waals surface area contributed by atoms with Gasteiger partial charge in [0.15, 0.2) is 5.78 Å². The Morgan fingerprint density at radius 2 is 1.80 bits per heavy atom. The van der Waals surface area contributed by atoms with Crippen molar-refractivity contribution in [1.82, 2.24) is 0 Å². The molecule has 0 N–H and O–H groups in total. The van der Waals surface area contributed by atoms with Crippen molar-refractivity contribution in [2.45, 2.75) is 84.7 Å². The second-order valence-corrected chi connectivity index (χ2v) is 10.7. The van der Waals surface area contributed by atoms with Crippen LogP contribution in [0, 0.1) is 48.2 Å². The summed E-state index contributed by atoms with van der Waals surface area (Å²) in [5.41, 5.74) is 4.09. The number of carbonyl (C=O) groups excluding carboxylic acids is 2. The summed E-state index contributed by atoms with van der Waals surface area (Å²) in [5.74, 6) is 1.60. The third-order valence-electron chi connectivity index (χ3n) is 8.66. The van der Waals surface area contributed by atoms with Crippen molar-refractivity contribution in [3.63, 3.8) is 0 Å². The van der Waals surface area contributed by atoms with Gasteiger partial charge in [0, 0.05) is 30.2 Å². The van der Waals surface area contributed by atoms with E-state index in [2.05, 4.69) is 19.3 Å². The van der Waals surface area contributed by atoms with Gasteiger partial charge in [-0.15, -0.1) is 12.3 Å². The molecule has 0 bridgehead atoms. The van der Waals surface area contributed by atoms with E-state index in [0.29, 0.717) is 30.7 Å². The first-order valence-electron chi connectivity index (χ1n) is 12.6. The molecule has 186 valence electrons. The van der Waals surface area contributed by atoms with Gasteiger partial charge in [-0.25, -0.2) is 8.78 Å². The van der Waals surface area contributed by atoms with E-state index in [9.17, 15) is 18.4 Å². The molecule has 0 aromatic heterocycles. The van der Waals surface area contributed by atoms with E-state index in [0.717, 1.165) is 31.3 Å². The Bertz CT molecular complexity index is 1130. The fourth-order valence-electron chi connectivity index (χ4n) is 7.17. The van der Waals surface area contributed by atoms with Gasteiger partial charge in [0.05, 0.1) is 0 Å². The van der Waals surface area contributed by atoms with Crippen molar-refractivity contribution in [3.8, 4) is 12.3 Å². The fraction of sp³-hybridized carbons (Fsp3) is 0.533. The van der Waals surface area contributed by atoms with Gasteiger partial charge in [0.1, 0.15) is 17.7 Å². The molecule has 0 saturated heterocycles. The minimum absolute atomic E-state index is 0.0361. The summed E-state index contributed by atoms with van der Waals surface area (Å²) < 4.78 is 35.0. The summed E-state index contributed by atoms with van der Waals surface area (Å²) in [6, 6.07) is 2.97. The molecule has 0 amide bonds. The number of esters is 1. The molecule has 2 saturated carbocycles. The maximum absolute atomic E-state index is 14.6. The molecule has 0 radical (unpaired) electrons. The van der Waals surface area contributed by atoms with Gasteiger partial charge in [0.25, 0.3) is 0 Å². The van der Waals surface area contributed by atoms with E-state index in [4.69, 9.17) is 4.74 Å². The molecule has 0 aliphatic heterocycles. The van der Waals surface area contributed by atoms with Gasteiger partial charge < -0.3 is 4.74 Å². The van der Waals surface area contributed by atoms with Crippen molar-refractivity contribution in [2.75, 3.05) is 0 Å². The predicted octanol–water partition coefficient (Wildman–Crippen LogP) is 6.74. The first-order chi connectivity index (χ1) is 16.6. The smallest absolute Gasteiger partial charge is 0.302 e. The van der Waals surface area contributed by atoms with E-state index in [1.54, 1.807) is 13.0 Å². The SMILES string of the molecule is C#CC.CC(=O)OC1CCC2C3CCC4=CC(=O)CCC4=C3C(c3cc(F)c(C)c(F)c3)CC12C. The maximum Gasteiger partial charge on any atom is 0.302 e. The van der Waals surface area contributed by atoms with Crippen LogP contribution in [0.2, 0.25) is 0 Å². The Kier molecular flexibility index (Phi) is 7.04. The van der Waals surface area contributed by atoms with Crippen molar-refractivity contribution in [3.05, 3.63) is 57.7 Å². The lowest BCUT2D eigenvalue weighted by atomic mass is 9.53. The van der Waals surface area contributed by atoms with E-state index in [-0.39, 0.29) is 40.7 Å². The molecule has 4 aliphatic rings. The van der Waals surface area contributed by atoms with Crippen molar-refractivity contribution >= 4 is 11.8 Å². The number of ether oxygens (including phenoxy) is 1. The third kappa shape index (κ3) is 4.48. The Balaban J connectivity index is 0.000000917. The summed E-state index contributed by atoms with van der Waals surface area (Å²) in [7, 11) is 0. The number of ketones is 1. The highest BCUT2D eigenvalue weighted by molar-refractivity contribution is 5.93. The molecule has 5 unspecified atom stereocenters. The van der Waals surface area contributed by atoms with E-state index >= 15 is 0 Å². The van der Waals surface area contributed by atoms with Crippen molar-refractivity contribution < 1.29 is 23.1 Å². The molecule has 5 heteroatoms. The van der Waals surface area contributed by atoms with Gasteiger partial charge in [0.2, 0.25) is 0 Å². The number of allylic oxidation sites excluding steroid dienone is 4. The summed E-state index contributed by atoms with van der Waals surface area (Å²) >= 11 is 0. The molecule has 1 aromatic carbocycles. The number of rotatable bonds is 2. The third-order valence-corrected chi connectivity index (χ3v) is 8.66. The van der Waals surface area contributed by atoms with Crippen LogP contribution in [0.4, 0.5) is 8.78 Å². The quantitative estimate of drug-likeness (QED) is 0.348. The van der Waals surface area contributed by atoms with Gasteiger partial charge in [-0.2, -0.15) is 0 Å². The van der Waals surface area contributed by atoms with Crippen LogP contribution in [-0.4, -0.2) is 17.9 Å². The highest BCUT2D eigenvalue weighted by Crippen LogP contribution is 2.64. The monoisotopic (exact) mass is 480 g/mol. The molecule has 5 rings (SSSR count). The van der Waals surface area contributed by atoms with Crippen molar-refractivity contribution in [1.29, 1.82) is 0 Å². The summed E-state index contributed by atoms with van der Waals surface area (Å²) in [6.07, 6.45) is 11.7. The molecule has 5 atom stereocenters. The average Bonchev–Trinajstić information content (AvgIpc) is 3.12. The molecule has 4 aliphatic carbocycles. The van der Waals surface area contributed by atoms with Crippen LogP contribution >= 0.6 is 0 Å². The van der Waals surface area contributed by atoms with Gasteiger partial charge in [-0.05, 0) is 99.1 Å². The summed E-state index contributed by atoms with van der Waals surface area (Å²) in [4.78, 5) is 23.9. The van der Waals surface area contributed by atoms with Crippen LogP contribution in [0.1, 0.15) is 82.8 Å².